The largest absolute Gasteiger partial charge is 0.318 e. The van der Waals surface area contributed by atoms with E-state index in [0.29, 0.717) is 5.78 Å². The van der Waals surface area contributed by atoms with Crippen molar-refractivity contribution in [3.8, 4) is 0 Å². The van der Waals surface area contributed by atoms with Gasteiger partial charge in [0.25, 0.3) is 0 Å². The Morgan fingerprint density at radius 1 is 0.650 bits per heavy atom. The molecule has 0 radical (unpaired) electrons. The maximum absolute atomic E-state index is 11.7. The summed E-state index contributed by atoms with van der Waals surface area (Å²) in [5, 5.41) is 0. The van der Waals surface area contributed by atoms with Gasteiger partial charge in [0, 0.05) is 25.7 Å². The molecule has 0 aromatic carbocycles. The van der Waals surface area contributed by atoms with Crippen molar-refractivity contribution in [3.63, 3.8) is 0 Å². The molecule has 0 aliphatic carbocycles. The molecule has 2 rings (SSSR count). The van der Waals surface area contributed by atoms with E-state index in [4.69, 9.17) is 14.5 Å². The van der Waals surface area contributed by atoms with Crippen LogP contribution < -0.4 is 0 Å². The summed E-state index contributed by atoms with van der Waals surface area (Å²) in [6.07, 6.45) is 13.1. The molecule has 4 nitrogen and oxygen atoms in total. The van der Waals surface area contributed by atoms with Gasteiger partial charge in [-0.2, -0.15) is 0 Å². The van der Waals surface area contributed by atoms with E-state index in [1.807, 2.05) is 0 Å². The lowest BCUT2D eigenvalue weighted by atomic mass is 10.0. The van der Waals surface area contributed by atoms with Crippen LogP contribution in [0.4, 0.5) is 0 Å². The van der Waals surface area contributed by atoms with E-state index in [1.165, 1.54) is 12.8 Å². The molecular formula is C16H28O4. The van der Waals surface area contributed by atoms with Crippen LogP contribution in [0.3, 0.4) is 0 Å². The molecule has 2 heterocycles. The summed E-state index contributed by atoms with van der Waals surface area (Å²) in [6, 6.07) is 0. The molecule has 2 aliphatic rings. The third-order valence-electron chi connectivity index (χ3n) is 4.11. The van der Waals surface area contributed by atoms with Crippen molar-refractivity contribution in [2.75, 3.05) is 0 Å². The molecule has 2 bridgehead atoms. The van der Waals surface area contributed by atoms with Gasteiger partial charge in [-0.15, -0.1) is 0 Å². The fourth-order valence-electron chi connectivity index (χ4n) is 2.85. The number of carbonyl (C=O) groups excluding carboxylic acids is 1. The number of rotatable bonds is 0. The first-order valence-electron chi connectivity index (χ1n) is 8.34. The van der Waals surface area contributed by atoms with Gasteiger partial charge in [0.1, 0.15) is 5.78 Å². The van der Waals surface area contributed by atoms with Gasteiger partial charge in [0.05, 0.1) is 0 Å². The Morgan fingerprint density at radius 2 is 1.10 bits per heavy atom. The third-order valence-corrected chi connectivity index (χ3v) is 4.11. The lowest BCUT2D eigenvalue weighted by Crippen LogP contribution is -2.11. The highest BCUT2D eigenvalue weighted by Crippen LogP contribution is 2.23. The maximum Gasteiger partial charge on any atom is 0.194 e. The van der Waals surface area contributed by atoms with Crippen LogP contribution in [0.1, 0.15) is 83.5 Å². The van der Waals surface area contributed by atoms with Crippen molar-refractivity contribution in [2.45, 2.75) is 96.1 Å². The second-order valence-electron chi connectivity index (χ2n) is 5.99. The lowest BCUT2D eigenvalue weighted by Gasteiger charge is -2.08. The van der Waals surface area contributed by atoms with Gasteiger partial charge >= 0.3 is 0 Å². The number of hydrogen-bond donors (Lipinski definition) is 0. The second-order valence-corrected chi connectivity index (χ2v) is 5.99. The monoisotopic (exact) mass is 284 g/mol. The average molecular weight is 284 g/mol. The molecule has 0 aromatic heterocycles. The zero-order valence-electron chi connectivity index (χ0n) is 12.5. The van der Waals surface area contributed by atoms with E-state index < -0.39 is 0 Å². The standard InChI is InChI=1S/C16H28O4/c17-14-10-6-2-1-3-8-12-15-18-16(20-19-15)13-9-5-4-7-11-14/h15-16H,1-13H2/t15-,16-/m0/s1. The smallest absolute Gasteiger partial charge is 0.194 e. The first kappa shape index (κ1) is 15.9. The van der Waals surface area contributed by atoms with Crippen molar-refractivity contribution in [1.29, 1.82) is 0 Å². The van der Waals surface area contributed by atoms with Crippen molar-refractivity contribution >= 4 is 5.78 Å². The van der Waals surface area contributed by atoms with Crippen molar-refractivity contribution in [3.05, 3.63) is 0 Å². The Labute approximate surface area is 122 Å². The molecule has 2 atom stereocenters. The summed E-state index contributed by atoms with van der Waals surface area (Å²) in [5.74, 6) is 0.452. The number of carbonyl (C=O) groups is 1. The Hall–Kier alpha value is -0.450. The van der Waals surface area contributed by atoms with Crippen LogP contribution in [0.5, 0.6) is 0 Å². The molecule has 2 saturated heterocycles. The molecule has 4 heteroatoms. The van der Waals surface area contributed by atoms with Gasteiger partial charge < -0.3 is 4.74 Å². The highest BCUT2D eigenvalue weighted by Gasteiger charge is 2.26. The van der Waals surface area contributed by atoms with Crippen LogP contribution in [0.15, 0.2) is 0 Å². The normalized spacial score (nSPS) is 31.9. The number of Topliss-reactive ketones (excluding diaryl/α,β-unsaturated/α-hetero) is 1. The SMILES string of the molecule is O=C1CCCCCCC[C@@H]2OO[C@@H](CCCCCC1)O2. The quantitative estimate of drug-likeness (QED) is 0.623. The molecule has 0 amide bonds. The number of ether oxygens (including phenoxy) is 1. The Balaban J connectivity index is 1.69. The molecule has 0 aromatic rings. The number of ketones is 1. The molecule has 0 spiro atoms. The first-order valence-corrected chi connectivity index (χ1v) is 8.34. The van der Waals surface area contributed by atoms with E-state index in [1.54, 1.807) is 0 Å². The predicted molar refractivity (Wildman–Crippen MR) is 75.9 cm³/mol. The van der Waals surface area contributed by atoms with Crippen LogP contribution in [0.25, 0.3) is 0 Å². The zero-order chi connectivity index (χ0) is 14.0. The summed E-state index contributed by atoms with van der Waals surface area (Å²) >= 11 is 0. The minimum atomic E-state index is -0.183. The van der Waals surface area contributed by atoms with Gasteiger partial charge in [-0.3, -0.25) is 4.79 Å². The second kappa shape index (κ2) is 9.48. The van der Waals surface area contributed by atoms with E-state index in [0.717, 1.165) is 70.6 Å². The van der Waals surface area contributed by atoms with Gasteiger partial charge in [0.15, 0.2) is 12.6 Å². The summed E-state index contributed by atoms with van der Waals surface area (Å²) in [7, 11) is 0. The fraction of sp³-hybridized carbons (Fsp3) is 0.938. The van der Waals surface area contributed by atoms with E-state index >= 15 is 0 Å². The van der Waals surface area contributed by atoms with Gasteiger partial charge in [0.2, 0.25) is 0 Å². The van der Waals surface area contributed by atoms with Crippen LogP contribution in [0.2, 0.25) is 0 Å². The van der Waals surface area contributed by atoms with Gasteiger partial charge in [-0.05, 0) is 25.7 Å². The molecule has 0 unspecified atom stereocenters. The minimum absolute atomic E-state index is 0.169. The molecule has 0 saturated carbocycles. The van der Waals surface area contributed by atoms with E-state index in [-0.39, 0.29) is 12.6 Å². The maximum atomic E-state index is 11.7. The molecule has 0 N–H and O–H groups in total. The van der Waals surface area contributed by atoms with E-state index in [9.17, 15) is 4.79 Å². The highest BCUT2D eigenvalue weighted by molar-refractivity contribution is 5.78. The van der Waals surface area contributed by atoms with Crippen molar-refractivity contribution in [1.82, 2.24) is 0 Å². The highest BCUT2D eigenvalue weighted by atomic mass is 17.3. The van der Waals surface area contributed by atoms with Crippen LogP contribution in [0, 0.1) is 0 Å². The Morgan fingerprint density at radius 3 is 1.65 bits per heavy atom. The minimum Gasteiger partial charge on any atom is -0.318 e. The Kier molecular flexibility index (Phi) is 7.55. The van der Waals surface area contributed by atoms with Crippen LogP contribution in [-0.2, 0) is 19.3 Å². The fourth-order valence-corrected chi connectivity index (χ4v) is 2.85. The molecular weight excluding hydrogens is 256 g/mol. The summed E-state index contributed by atoms with van der Waals surface area (Å²) in [4.78, 5) is 22.1. The topological polar surface area (TPSA) is 44.8 Å². The van der Waals surface area contributed by atoms with E-state index in [2.05, 4.69) is 0 Å². The number of fused-ring (bicyclic) bond motifs is 2. The zero-order valence-corrected chi connectivity index (χ0v) is 12.5. The first-order chi connectivity index (χ1) is 9.84. The van der Waals surface area contributed by atoms with Crippen LogP contribution >= 0.6 is 0 Å². The number of hydrogen-bond acceptors (Lipinski definition) is 4. The Bertz CT molecular complexity index is 280. The lowest BCUT2D eigenvalue weighted by molar-refractivity contribution is -0.298. The molecule has 2 fully saturated rings. The average Bonchev–Trinajstić information content (AvgIpc) is 2.89. The molecule has 116 valence electrons. The third kappa shape index (κ3) is 6.33. The molecule has 20 heavy (non-hydrogen) atoms. The van der Waals surface area contributed by atoms with Crippen molar-refractivity contribution in [2.24, 2.45) is 0 Å². The van der Waals surface area contributed by atoms with Crippen molar-refractivity contribution < 1.29 is 19.3 Å². The van der Waals surface area contributed by atoms with Gasteiger partial charge in [-0.1, -0.05) is 32.1 Å². The molecule has 2 aliphatic heterocycles. The summed E-state index contributed by atoms with van der Waals surface area (Å²) < 4.78 is 5.71. The predicted octanol–water partition coefficient (Wildman–Crippen LogP) is 4.27. The van der Waals surface area contributed by atoms with Gasteiger partial charge in [-0.25, -0.2) is 9.78 Å². The van der Waals surface area contributed by atoms with Crippen LogP contribution in [-0.4, -0.2) is 18.4 Å². The summed E-state index contributed by atoms with van der Waals surface area (Å²) in [5.41, 5.74) is 0. The summed E-state index contributed by atoms with van der Waals surface area (Å²) in [6.45, 7) is 0.